The standard InChI is InChI=1S/C24H22F3N3/c1-16-29-22-11-10-19(14-23(22)30-16)17-6-8-18(9-7-17)21-5-3-2-4-20(21)15-28-13-12-24(25,26)27/h2-11,14,28H,12-13,15H2,1H3,(H,29,30). The van der Waals surface area contributed by atoms with Crippen molar-refractivity contribution in [3.05, 3.63) is 78.1 Å². The first-order valence-corrected chi connectivity index (χ1v) is 9.82. The van der Waals surface area contributed by atoms with E-state index in [4.69, 9.17) is 0 Å². The quantitative estimate of drug-likeness (QED) is 0.370. The van der Waals surface area contributed by atoms with Crippen molar-refractivity contribution in [1.82, 2.24) is 15.3 Å². The molecule has 0 spiro atoms. The van der Waals surface area contributed by atoms with Crippen molar-refractivity contribution in [3.63, 3.8) is 0 Å². The van der Waals surface area contributed by atoms with E-state index in [-0.39, 0.29) is 6.54 Å². The number of imidazole rings is 1. The van der Waals surface area contributed by atoms with Gasteiger partial charge < -0.3 is 10.3 Å². The molecule has 0 fully saturated rings. The third-order valence-corrected chi connectivity index (χ3v) is 5.05. The third-order valence-electron chi connectivity index (χ3n) is 5.05. The maximum Gasteiger partial charge on any atom is 0.390 e. The fourth-order valence-electron chi connectivity index (χ4n) is 3.57. The fourth-order valence-corrected chi connectivity index (χ4v) is 3.57. The second kappa shape index (κ2) is 8.32. The molecule has 0 amide bonds. The van der Waals surface area contributed by atoms with Crippen LogP contribution in [-0.2, 0) is 6.54 Å². The first-order valence-electron chi connectivity index (χ1n) is 9.82. The molecule has 4 aromatic rings. The molecular weight excluding hydrogens is 387 g/mol. The number of aromatic amines is 1. The van der Waals surface area contributed by atoms with Crippen LogP contribution in [0.4, 0.5) is 13.2 Å². The summed E-state index contributed by atoms with van der Waals surface area (Å²) < 4.78 is 37.0. The number of nitrogens with zero attached hydrogens (tertiary/aromatic N) is 1. The Hall–Kier alpha value is -3.12. The Morgan fingerprint density at radius 3 is 2.37 bits per heavy atom. The molecule has 30 heavy (non-hydrogen) atoms. The minimum atomic E-state index is -4.14. The third kappa shape index (κ3) is 4.71. The molecule has 6 heteroatoms. The van der Waals surface area contributed by atoms with E-state index < -0.39 is 12.6 Å². The lowest BCUT2D eigenvalue weighted by Gasteiger charge is -2.12. The van der Waals surface area contributed by atoms with Crippen LogP contribution in [0.25, 0.3) is 33.3 Å². The molecule has 0 aliphatic carbocycles. The molecule has 3 aromatic carbocycles. The van der Waals surface area contributed by atoms with Crippen LogP contribution >= 0.6 is 0 Å². The number of nitrogens with one attached hydrogen (secondary N) is 2. The number of rotatable bonds is 6. The second-order valence-corrected chi connectivity index (χ2v) is 7.33. The van der Waals surface area contributed by atoms with Crippen LogP contribution in [0.5, 0.6) is 0 Å². The minimum Gasteiger partial charge on any atom is -0.342 e. The summed E-state index contributed by atoms with van der Waals surface area (Å²) in [4.78, 5) is 7.69. The van der Waals surface area contributed by atoms with Gasteiger partial charge in [-0.05, 0) is 46.9 Å². The summed E-state index contributed by atoms with van der Waals surface area (Å²) in [5, 5.41) is 2.90. The lowest BCUT2D eigenvalue weighted by molar-refractivity contribution is -0.133. The van der Waals surface area contributed by atoms with Crippen LogP contribution in [0.1, 0.15) is 17.8 Å². The van der Waals surface area contributed by atoms with Crippen LogP contribution in [0, 0.1) is 6.92 Å². The Morgan fingerprint density at radius 1 is 0.900 bits per heavy atom. The van der Waals surface area contributed by atoms with Crippen LogP contribution < -0.4 is 5.32 Å². The zero-order valence-electron chi connectivity index (χ0n) is 16.6. The number of hydrogen-bond donors (Lipinski definition) is 2. The Kier molecular flexibility index (Phi) is 5.59. The summed E-state index contributed by atoms with van der Waals surface area (Å²) >= 11 is 0. The first kappa shape index (κ1) is 20.2. The van der Waals surface area contributed by atoms with Crippen molar-refractivity contribution in [2.75, 3.05) is 6.54 Å². The predicted octanol–water partition coefficient (Wildman–Crippen LogP) is 6.25. The average Bonchev–Trinajstić information content (AvgIpc) is 3.10. The Morgan fingerprint density at radius 2 is 1.60 bits per heavy atom. The SMILES string of the molecule is Cc1nc2ccc(-c3ccc(-c4ccccc4CNCCC(F)(F)F)cc3)cc2[nH]1. The van der Waals surface area contributed by atoms with Crippen molar-refractivity contribution >= 4 is 11.0 Å². The monoisotopic (exact) mass is 409 g/mol. The van der Waals surface area contributed by atoms with E-state index in [2.05, 4.69) is 39.6 Å². The van der Waals surface area contributed by atoms with Gasteiger partial charge in [-0.15, -0.1) is 0 Å². The lowest BCUT2D eigenvalue weighted by Crippen LogP contribution is -2.21. The number of benzene rings is 3. The summed E-state index contributed by atoms with van der Waals surface area (Å²) in [7, 11) is 0. The molecule has 4 rings (SSSR count). The molecule has 1 heterocycles. The second-order valence-electron chi connectivity index (χ2n) is 7.33. The summed E-state index contributed by atoms with van der Waals surface area (Å²) in [6.45, 7) is 2.24. The summed E-state index contributed by atoms with van der Waals surface area (Å²) in [5.74, 6) is 0.887. The molecule has 154 valence electrons. The van der Waals surface area contributed by atoms with Crippen molar-refractivity contribution < 1.29 is 13.2 Å². The van der Waals surface area contributed by atoms with E-state index in [1.165, 1.54) is 0 Å². The zero-order chi connectivity index (χ0) is 21.1. The maximum absolute atomic E-state index is 12.3. The number of alkyl halides is 3. The Bertz CT molecular complexity index is 1140. The topological polar surface area (TPSA) is 40.7 Å². The highest BCUT2D eigenvalue weighted by Gasteiger charge is 2.25. The molecule has 0 atom stereocenters. The normalized spacial score (nSPS) is 11.9. The predicted molar refractivity (Wildman–Crippen MR) is 114 cm³/mol. The van der Waals surface area contributed by atoms with Gasteiger partial charge in [-0.2, -0.15) is 13.2 Å². The van der Waals surface area contributed by atoms with Gasteiger partial charge in [0.1, 0.15) is 5.82 Å². The van der Waals surface area contributed by atoms with E-state index >= 15 is 0 Å². The Labute approximate surface area is 173 Å². The van der Waals surface area contributed by atoms with Crippen molar-refractivity contribution in [1.29, 1.82) is 0 Å². The molecule has 0 radical (unpaired) electrons. The summed E-state index contributed by atoms with van der Waals surface area (Å²) in [6, 6.07) is 22.1. The molecule has 3 nitrogen and oxygen atoms in total. The van der Waals surface area contributed by atoms with Gasteiger partial charge in [0.2, 0.25) is 0 Å². The summed E-state index contributed by atoms with van der Waals surface area (Å²) in [5.41, 5.74) is 7.16. The van der Waals surface area contributed by atoms with Gasteiger partial charge in [0.15, 0.2) is 0 Å². The number of aromatic nitrogens is 2. The van der Waals surface area contributed by atoms with E-state index in [0.29, 0.717) is 6.54 Å². The van der Waals surface area contributed by atoms with Crippen molar-refractivity contribution in [2.24, 2.45) is 0 Å². The molecule has 0 bridgehead atoms. The number of hydrogen-bond acceptors (Lipinski definition) is 2. The van der Waals surface area contributed by atoms with Gasteiger partial charge in [-0.1, -0.05) is 54.6 Å². The fraction of sp³-hybridized carbons (Fsp3) is 0.208. The van der Waals surface area contributed by atoms with Gasteiger partial charge in [-0.3, -0.25) is 0 Å². The molecule has 0 aliphatic heterocycles. The van der Waals surface area contributed by atoms with Gasteiger partial charge in [0.05, 0.1) is 17.5 Å². The smallest absolute Gasteiger partial charge is 0.342 e. The van der Waals surface area contributed by atoms with Gasteiger partial charge >= 0.3 is 6.18 Å². The number of H-pyrrole nitrogens is 1. The van der Waals surface area contributed by atoms with Crippen molar-refractivity contribution in [3.8, 4) is 22.3 Å². The molecule has 0 saturated heterocycles. The molecule has 1 aromatic heterocycles. The highest BCUT2D eigenvalue weighted by molar-refractivity contribution is 5.82. The van der Waals surface area contributed by atoms with E-state index in [0.717, 1.165) is 44.7 Å². The highest BCUT2D eigenvalue weighted by atomic mass is 19.4. The lowest BCUT2D eigenvalue weighted by atomic mass is 9.97. The number of aryl methyl sites for hydroxylation is 1. The minimum absolute atomic E-state index is 0.0909. The van der Waals surface area contributed by atoms with Crippen LogP contribution in [0.3, 0.4) is 0 Å². The molecular formula is C24H22F3N3. The van der Waals surface area contributed by atoms with Gasteiger partial charge in [0.25, 0.3) is 0 Å². The highest BCUT2D eigenvalue weighted by Crippen LogP contribution is 2.29. The summed E-state index contributed by atoms with van der Waals surface area (Å²) in [6.07, 6.45) is -4.97. The van der Waals surface area contributed by atoms with Crippen molar-refractivity contribution in [2.45, 2.75) is 26.1 Å². The number of fused-ring (bicyclic) bond motifs is 1. The molecule has 0 aliphatic rings. The Balaban J connectivity index is 1.52. The number of halogens is 3. The first-order chi connectivity index (χ1) is 14.4. The van der Waals surface area contributed by atoms with Gasteiger partial charge in [0, 0.05) is 13.1 Å². The van der Waals surface area contributed by atoms with E-state index in [1.807, 2.05) is 49.4 Å². The molecule has 0 unspecified atom stereocenters. The van der Waals surface area contributed by atoms with E-state index in [9.17, 15) is 13.2 Å². The largest absolute Gasteiger partial charge is 0.390 e. The molecule has 2 N–H and O–H groups in total. The average molecular weight is 409 g/mol. The van der Waals surface area contributed by atoms with Crippen LogP contribution in [0.2, 0.25) is 0 Å². The zero-order valence-corrected chi connectivity index (χ0v) is 16.6. The molecule has 0 saturated carbocycles. The maximum atomic E-state index is 12.3. The van der Waals surface area contributed by atoms with E-state index in [1.54, 1.807) is 0 Å². The van der Waals surface area contributed by atoms with Gasteiger partial charge in [-0.25, -0.2) is 4.98 Å². The van der Waals surface area contributed by atoms with Crippen LogP contribution in [0.15, 0.2) is 66.7 Å². The van der Waals surface area contributed by atoms with Crippen LogP contribution in [-0.4, -0.2) is 22.7 Å².